The van der Waals surface area contributed by atoms with Crippen molar-refractivity contribution in [1.29, 1.82) is 0 Å². The lowest BCUT2D eigenvalue weighted by Crippen LogP contribution is -2.57. The zero-order valence-electron chi connectivity index (χ0n) is 15.2. The molecule has 2 aliphatic heterocycles. The Kier molecular flexibility index (Phi) is 7.73. The van der Waals surface area contributed by atoms with Crippen LogP contribution in [-0.2, 0) is 19.4 Å². The maximum absolute atomic E-state index is 12.5. The number of halogens is 1. The van der Waals surface area contributed by atoms with Gasteiger partial charge in [0.05, 0.1) is 17.5 Å². The number of nitrogens with one attached hydrogen (secondary N) is 1. The summed E-state index contributed by atoms with van der Waals surface area (Å²) in [5, 5.41) is 2.82. The molecular weight excluding hydrogens is 378 g/mol. The van der Waals surface area contributed by atoms with Crippen LogP contribution in [0.3, 0.4) is 0 Å². The SMILES string of the molecule is Cl.O=C(CCS(=O)(=O)C1CCCC1)N1CCCC(N2CCNCC2=O)C1. The highest BCUT2D eigenvalue weighted by Gasteiger charge is 2.33. The highest BCUT2D eigenvalue weighted by molar-refractivity contribution is 7.92. The number of nitrogens with zero attached hydrogens (tertiary/aromatic N) is 2. The maximum Gasteiger partial charge on any atom is 0.236 e. The van der Waals surface area contributed by atoms with Crippen LogP contribution in [0.4, 0.5) is 0 Å². The Morgan fingerprint density at radius 1 is 1.12 bits per heavy atom. The van der Waals surface area contributed by atoms with Gasteiger partial charge < -0.3 is 15.1 Å². The molecule has 2 heterocycles. The Balaban J connectivity index is 0.00000243. The van der Waals surface area contributed by atoms with Crippen LogP contribution in [0, 0.1) is 0 Å². The molecule has 2 amide bonds. The molecule has 1 aliphatic carbocycles. The first kappa shape index (κ1) is 21.4. The van der Waals surface area contributed by atoms with Crippen LogP contribution in [0.1, 0.15) is 44.9 Å². The number of carbonyl (C=O) groups excluding carboxylic acids is 2. The van der Waals surface area contributed by atoms with Gasteiger partial charge in [-0.2, -0.15) is 0 Å². The zero-order chi connectivity index (χ0) is 17.9. The van der Waals surface area contributed by atoms with Crippen LogP contribution >= 0.6 is 12.4 Å². The van der Waals surface area contributed by atoms with Gasteiger partial charge in [-0.15, -0.1) is 12.4 Å². The predicted molar refractivity (Wildman–Crippen MR) is 102 cm³/mol. The minimum Gasteiger partial charge on any atom is -0.341 e. The van der Waals surface area contributed by atoms with E-state index < -0.39 is 9.84 Å². The van der Waals surface area contributed by atoms with Gasteiger partial charge in [-0.05, 0) is 25.7 Å². The van der Waals surface area contributed by atoms with E-state index in [9.17, 15) is 18.0 Å². The lowest BCUT2D eigenvalue weighted by atomic mass is 10.0. The third-order valence-electron chi connectivity index (χ3n) is 5.73. The molecule has 0 radical (unpaired) electrons. The summed E-state index contributed by atoms with van der Waals surface area (Å²) in [6, 6.07) is 0.0683. The highest BCUT2D eigenvalue weighted by Crippen LogP contribution is 2.26. The van der Waals surface area contributed by atoms with Gasteiger partial charge in [0, 0.05) is 38.6 Å². The summed E-state index contributed by atoms with van der Waals surface area (Å²) in [5.74, 6) is -0.0345. The molecule has 3 fully saturated rings. The summed E-state index contributed by atoms with van der Waals surface area (Å²) in [5.41, 5.74) is 0. The van der Waals surface area contributed by atoms with Gasteiger partial charge in [-0.25, -0.2) is 8.42 Å². The lowest BCUT2D eigenvalue weighted by molar-refractivity contribution is -0.140. The van der Waals surface area contributed by atoms with Gasteiger partial charge in [0.1, 0.15) is 0 Å². The van der Waals surface area contributed by atoms with Gasteiger partial charge in [-0.1, -0.05) is 12.8 Å². The van der Waals surface area contributed by atoms with Crippen LogP contribution in [0.25, 0.3) is 0 Å². The molecule has 0 aromatic carbocycles. The summed E-state index contributed by atoms with van der Waals surface area (Å²) >= 11 is 0. The number of sulfone groups is 1. The Morgan fingerprint density at radius 3 is 2.54 bits per heavy atom. The Hall–Kier alpha value is -0.860. The average molecular weight is 408 g/mol. The topological polar surface area (TPSA) is 86.8 Å². The van der Waals surface area contributed by atoms with E-state index in [1.165, 1.54) is 0 Å². The number of amides is 2. The van der Waals surface area contributed by atoms with Crippen LogP contribution in [0.2, 0.25) is 0 Å². The molecule has 3 rings (SSSR count). The number of hydrogen-bond acceptors (Lipinski definition) is 5. The van der Waals surface area contributed by atoms with E-state index in [1.807, 2.05) is 4.90 Å². The van der Waals surface area contributed by atoms with E-state index in [-0.39, 0.29) is 47.7 Å². The van der Waals surface area contributed by atoms with Crippen molar-refractivity contribution in [2.45, 2.75) is 56.2 Å². The summed E-state index contributed by atoms with van der Waals surface area (Å²) in [6.45, 7) is 3.04. The van der Waals surface area contributed by atoms with Crippen molar-refractivity contribution in [3.05, 3.63) is 0 Å². The highest BCUT2D eigenvalue weighted by atomic mass is 35.5. The number of piperidine rings is 1. The van der Waals surface area contributed by atoms with Crippen molar-refractivity contribution < 1.29 is 18.0 Å². The number of carbonyl (C=O) groups is 2. The zero-order valence-corrected chi connectivity index (χ0v) is 16.8. The van der Waals surface area contributed by atoms with Gasteiger partial charge in [0.2, 0.25) is 11.8 Å². The van der Waals surface area contributed by atoms with Crippen LogP contribution < -0.4 is 5.32 Å². The monoisotopic (exact) mass is 407 g/mol. The smallest absolute Gasteiger partial charge is 0.236 e. The quantitative estimate of drug-likeness (QED) is 0.720. The second kappa shape index (κ2) is 9.37. The first-order valence-electron chi connectivity index (χ1n) is 9.47. The number of likely N-dealkylation sites (tertiary alicyclic amines) is 1. The maximum atomic E-state index is 12.5. The molecule has 1 N–H and O–H groups in total. The fourth-order valence-electron chi connectivity index (χ4n) is 4.24. The summed E-state index contributed by atoms with van der Waals surface area (Å²) in [7, 11) is -3.16. The number of rotatable bonds is 5. The van der Waals surface area contributed by atoms with Crippen LogP contribution in [0.5, 0.6) is 0 Å². The molecular formula is C17H30ClN3O4S. The summed E-state index contributed by atoms with van der Waals surface area (Å²) < 4.78 is 24.7. The van der Waals surface area contributed by atoms with Crippen LogP contribution in [-0.4, -0.2) is 79.8 Å². The van der Waals surface area contributed by atoms with Gasteiger partial charge in [0.25, 0.3) is 0 Å². The standard InChI is InChI=1S/C17H29N3O4S.ClH/c21-16(7-11-25(23,24)15-5-1-2-6-15)19-9-3-4-14(13-19)20-10-8-18-12-17(20)22;/h14-15,18H,1-13H2;1H. The van der Waals surface area contributed by atoms with E-state index in [4.69, 9.17) is 0 Å². The van der Waals surface area contributed by atoms with E-state index in [1.54, 1.807) is 4.90 Å². The molecule has 1 atom stereocenters. The van der Waals surface area contributed by atoms with Gasteiger partial charge in [0.15, 0.2) is 9.84 Å². The summed E-state index contributed by atoms with van der Waals surface area (Å²) in [6.07, 6.45) is 5.29. The van der Waals surface area contributed by atoms with Gasteiger partial charge >= 0.3 is 0 Å². The molecule has 1 unspecified atom stereocenters. The van der Waals surface area contributed by atoms with Crippen molar-refractivity contribution in [3.63, 3.8) is 0 Å². The second-order valence-corrected chi connectivity index (χ2v) is 9.82. The van der Waals surface area contributed by atoms with E-state index >= 15 is 0 Å². The van der Waals surface area contributed by atoms with E-state index in [0.717, 1.165) is 45.1 Å². The fourth-order valence-corrected chi connectivity index (χ4v) is 6.09. The molecule has 1 saturated carbocycles. The molecule has 9 heteroatoms. The Morgan fingerprint density at radius 2 is 1.85 bits per heavy atom. The summed E-state index contributed by atoms with van der Waals surface area (Å²) in [4.78, 5) is 28.2. The first-order valence-corrected chi connectivity index (χ1v) is 11.2. The van der Waals surface area contributed by atoms with Crippen molar-refractivity contribution >= 4 is 34.1 Å². The number of piperazine rings is 1. The first-order chi connectivity index (χ1) is 12.0. The molecule has 2 saturated heterocycles. The van der Waals surface area contributed by atoms with Crippen molar-refractivity contribution in [2.75, 3.05) is 38.5 Å². The predicted octanol–water partition coefficient (Wildman–Crippen LogP) is 0.579. The number of hydrogen-bond donors (Lipinski definition) is 1. The average Bonchev–Trinajstić information content (AvgIpc) is 3.16. The molecule has 150 valence electrons. The lowest BCUT2D eigenvalue weighted by Gasteiger charge is -2.41. The fraction of sp³-hybridized carbons (Fsp3) is 0.882. The minimum absolute atomic E-state index is 0. The Labute approximate surface area is 162 Å². The molecule has 7 nitrogen and oxygen atoms in total. The molecule has 0 bridgehead atoms. The third-order valence-corrected chi connectivity index (χ3v) is 7.99. The van der Waals surface area contributed by atoms with E-state index in [0.29, 0.717) is 26.2 Å². The normalized spacial score (nSPS) is 25.2. The second-order valence-electron chi connectivity index (χ2n) is 7.42. The molecule has 26 heavy (non-hydrogen) atoms. The van der Waals surface area contributed by atoms with Crippen molar-refractivity contribution in [3.8, 4) is 0 Å². The minimum atomic E-state index is -3.16. The largest absolute Gasteiger partial charge is 0.341 e. The van der Waals surface area contributed by atoms with Gasteiger partial charge in [-0.3, -0.25) is 9.59 Å². The molecule has 0 aromatic heterocycles. The van der Waals surface area contributed by atoms with E-state index in [2.05, 4.69) is 5.32 Å². The molecule has 3 aliphatic rings. The van der Waals surface area contributed by atoms with Crippen molar-refractivity contribution in [1.82, 2.24) is 15.1 Å². The molecule has 0 aromatic rings. The molecule has 0 spiro atoms. The van der Waals surface area contributed by atoms with Crippen molar-refractivity contribution in [2.24, 2.45) is 0 Å². The third kappa shape index (κ3) is 5.10. The Bertz CT molecular complexity index is 607. The van der Waals surface area contributed by atoms with Crippen LogP contribution in [0.15, 0.2) is 0 Å².